The lowest BCUT2D eigenvalue weighted by Gasteiger charge is -2.15. The van der Waals surface area contributed by atoms with Crippen LogP contribution in [0.4, 0.5) is 4.79 Å². The normalized spacial score (nSPS) is 17.8. The summed E-state index contributed by atoms with van der Waals surface area (Å²) >= 11 is 5.09. The molecular weight excluding hydrogens is 172 g/mol. The van der Waals surface area contributed by atoms with E-state index >= 15 is 0 Å². The molecule has 2 amide bonds. The van der Waals surface area contributed by atoms with Gasteiger partial charge in [-0.1, -0.05) is 19.1 Å². The first-order valence-corrected chi connectivity index (χ1v) is 4.70. The van der Waals surface area contributed by atoms with Crippen LogP contribution in [0.5, 0.6) is 0 Å². The summed E-state index contributed by atoms with van der Waals surface area (Å²) in [5.74, 6) is 0. The van der Waals surface area contributed by atoms with Crippen LogP contribution in [0.3, 0.4) is 0 Å². The van der Waals surface area contributed by atoms with Gasteiger partial charge in [0.15, 0.2) is 0 Å². The van der Waals surface area contributed by atoms with E-state index in [1.54, 1.807) is 9.80 Å². The van der Waals surface area contributed by atoms with Gasteiger partial charge in [-0.3, -0.25) is 4.90 Å². The zero-order valence-corrected chi connectivity index (χ0v) is 8.36. The van der Waals surface area contributed by atoms with Crippen molar-refractivity contribution in [3.8, 4) is 0 Å². The van der Waals surface area contributed by atoms with Crippen molar-refractivity contribution in [1.82, 2.24) is 9.80 Å². The van der Waals surface area contributed by atoms with Gasteiger partial charge in [-0.25, -0.2) is 4.79 Å². The minimum atomic E-state index is 0.0735. The maximum Gasteiger partial charge on any atom is 0.325 e. The SMILES string of the molecule is CCCN1C(=O)N(CC)CC1=S. The lowest BCUT2D eigenvalue weighted by Crippen LogP contribution is -2.33. The van der Waals surface area contributed by atoms with Gasteiger partial charge < -0.3 is 4.90 Å². The molecule has 0 N–H and O–H groups in total. The quantitative estimate of drug-likeness (QED) is 0.623. The average molecular weight is 186 g/mol. The summed E-state index contributed by atoms with van der Waals surface area (Å²) in [5, 5.41) is 0. The highest BCUT2D eigenvalue weighted by molar-refractivity contribution is 7.80. The van der Waals surface area contributed by atoms with Gasteiger partial charge in [0, 0.05) is 13.1 Å². The maximum atomic E-state index is 11.5. The number of hydrogen-bond acceptors (Lipinski definition) is 2. The topological polar surface area (TPSA) is 23.6 Å². The Kier molecular flexibility index (Phi) is 3.03. The Balaban J connectivity index is 2.64. The molecule has 0 spiro atoms. The maximum absolute atomic E-state index is 11.5. The zero-order valence-electron chi connectivity index (χ0n) is 7.54. The minimum absolute atomic E-state index is 0.0735. The van der Waals surface area contributed by atoms with Crippen molar-refractivity contribution in [3.05, 3.63) is 0 Å². The van der Waals surface area contributed by atoms with Crippen molar-refractivity contribution in [2.24, 2.45) is 0 Å². The second-order valence-corrected chi connectivity index (χ2v) is 3.31. The number of nitrogens with zero attached hydrogens (tertiary/aromatic N) is 2. The van der Waals surface area contributed by atoms with E-state index in [1.807, 2.05) is 13.8 Å². The van der Waals surface area contributed by atoms with E-state index in [9.17, 15) is 4.79 Å². The Morgan fingerprint density at radius 3 is 2.58 bits per heavy atom. The lowest BCUT2D eigenvalue weighted by atomic mass is 10.4. The van der Waals surface area contributed by atoms with Gasteiger partial charge in [0.05, 0.1) is 6.54 Å². The van der Waals surface area contributed by atoms with Crippen molar-refractivity contribution in [2.75, 3.05) is 19.6 Å². The van der Waals surface area contributed by atoms with Crippen molar-refractivity contribution < 1.29 is 4.79 Å². The van der Waals surface area contributed by atoms with Gasteiger partial charge in [0.2, 0.25) is 0 Å². The van der Waals surface area contributed by atoms with Crippen molar-refractivity contribution in [2.45, 2.75) is 20.3 Å². The predicted molar refractivity (Wildman–Crippen MR) is 52.2 cm³/mol. The fourth-order valence-electron chi connectivity index (χ4n) is 1.28. The van der Waals surface area contributed by atoms with Gasteiger partial charge in [0.25, 0.3) is 0 Å². The molecule has 0 saturated carbocycles. The standard InChI is InChI=1S/C8H14N2OS/c1-3-5-10-7(12)6-9(4-2)8(10)11/h3-6H2,1-2H3. The lowest BCUT2D eigenvalue weighted by molar-refractivity contribution is 0.198. The van der Waals surface area contributed by atoms with Crippen LogP contribution >= 0.6 is 12.2 Å². The largest absolute Gasteiger partial charge is 0.325 e. The van der Waals surface area contributed by atoms with Gasteiger partial charge >= 0.3 is 6.03 Å². The van der Waals surface area contributed by atoms with Crippen LogP contribution in [-0.4, -0.2) is 40.5 Å². The van der Waals surface area contributed by atoms with E-state index in [0.717, 1.165) is 24.5 Å². The smallest absolute Gasteiger partial charge is 0.318 e. The number of urea groups is 1. The van der Waals surface area contributed by atoms with Crippen LogP contribution in [0.1, 0.15) is 20.3 Å². The minimum Gasteiger partial charge on any atom is -0.318 e. The highest BCUT2D eigenvalue weighted by Crippen LogP contribution is 2.11. The first kappa shape index (κ1) is 9.45. The molecule has 0 bridgehead atoms. The van der Waals surface area contributed by atoms with Crippen molar-refractivity contribution in [3.63, 3.8) is 0 Å². The van der Waals surface area contributed by atoms with Gasteiger partial charge in [-0.2, -0.15) is 0 Å². The molecule has 0 radical (unpaired) electrons. The van der Waals surface area contributed by atoms with Crippen LogP contribution in [0.25, 0.3) is 0 Å². The van der Waals surface area contributed by atoms with E-state index in [-0.39, 0.29) is 6.03 Å². The molecule has 1 saturated heterocycles. The number of rotatable bonds is 3. The summed E-state index contributed by atoms with van der Waals surface area (Å²) in [6.07, 6.45) is 0.962. The molecule has 68 valence electrons. The average Bonchev–Trinajstić information content (AvgIpc) is 2.32. The summed E-state index contributed by atoms with van der Waals surface area (Å²) in [6.45, 7) is 6.15. The third-order valence-electron chi connectivity index (χ3n) is 1.96. The molecule has 0 unspecified atom stereocenters. The van der Waals surface area contributed by atoms with E-state index in [1.165, 1.54) is 0 Å². The third kappa shape index (κ3) is 1.58. The van der Waals surface area contributed by atoms with E-state index in [4.69, 9.17) is 12.2 Å². The summed E-state index contributed by atoms with van der Waals surface area (Å²) in [5.41, 5.74) is 0. The van der Waals surface area contributed by atoms with Gasteiger partial charge in [-0.15, -0.1) is 0 Å². The predicted octanol–water partition coefficient (Wildman–Crippen LogP) is 1.48. The number of thiocarbonyl (C=S) groups is 1. The second kappa shape index (κ2) is 3.85. The first-order valence-electron chi connectivity index (χ1n) is 4.30. The Bertz CT molecular complexity index is 205. The molecule has 0 aromatic rings. The summed E-state index contributed by atoms with van der Waals surface area (Å²) in [4.78, 5) is 15.7. The Morgan fingerprint density at radius 1 is 1.50 bits per heavy atom. The highest BCUT2D eigenvalue weighted by atomic mass is 32.1. The number of likely N-dealkylation sites (N-methyl/N-ethyl adjacent to an activating group) is 1. The molecular formula is C8H14N2OS. The Morgan fingerprint density at radius 2 is 2.17 bits per heavy atom. The zero-order chi connectivity index (χ0) is 9.14. The molecule has 1 aliphatic heterocycles. The third-order valence-corrected chi connectivity index (χ3v) is 2.31. The van der Waals surface area contributed by atoms with Crippen molar-refractivity contribution in [1.29, 1.82) is 0 Å². The van der Waals surface area contributed by atoms with Crippen LogP contribution in [0, 0.1) is 0 Å². The van der Waals surface area contributed by atoms with E-state index in [0.29, 0.717) is 6.54 Å². The molecule has 1 aliphatic rings. The number of hydrogen-bond donors (Lipinski definition) is 0. The number of carbonyl (C=O) groups excluding carboxylic acids is 1. The summed E-state index contributed by atoms with van der Waals surface area (Å²) in [6, 6.07) is 0.0735. The van der Waals surface area contributed by atoms with Crippen LogP contribution in [0.2, 0.25) is 0 Å². The Hall–Kier alpha value is -0.640. The molecule has 0 atom stereocenters. The van der Waals surface area contributed by atoms with Crippen LogP contribution < -0.4 is 0 Å². The molecule has 1 fully saturated rings. The molecule has 0 aromatic carbocycles. The highest BCUT2D eigenvalue weighted by Gasteiger charge is 2.30. The van der Waals surface area contributed by atoms with Crippen LogP contribution in [-0.2, 0) is 0 Å². The molecule has 4 heteroatoms. The monoisotopic (exact) mass is 186 g/mol. The fourth-order valence-corrected chi connectivity index (χ4v) is 1.61. The fraction of sp³-hybridized carbons (Fsp3) is 0.750. The van der Waals surface area contributed by atoms with Crippen molar-refractivity contribution >= 4 is 23.2 Å². The molecule has 1 rings (SSSR count). The Labute approximate surface area is 78.3 Å². The van der Waals surface area contributed by atoms with Gasteiger partial charge in [0.1, 0.15) is 4.99 Å². The molecule has 0 aliphatic carbocycles. The second-order valence-electron chi connectivity index (χ2n) is 2.84. The first-order chi connectivity index (χ1) is 5.70. The van der Waals surface area contributed by atoms with Gasteiger partial charge in [-0.05, 0) is 13.3 Å². The summed E-state index contributed by atoms with van der Waals surface area (Å²) < 4.78 is 0. The van der Waals surface area contributed by atoms with Crippen LogP contribution in [0.15, 0.2) is 0 Å². The molecule has 12 heavy (non-hydrogen) atoms. The number of carbonyl (C=O) groups is 1. The molecule has 3 nitrogen and oxygen atoms in total. The number of amides is 2. The van der Waals surface area contributed by atoms with E-state index < -0.39 is 0 Å². The van der Waals surface area contributed by atoms with E-state index in [2.05, 4.69) is 0 Å². The summed E-state index contributed by atoms with van der Waals surface area (Å²) in [7, 11) is 0. The molecule has 1 heterocycles. The molecule has 0 aromatic heterocycles.